The SMILES string of the molecule is CCCOc1cccc(C(Br)Cc2ccc(Br)cc2)c1. The smallest absolute Gasteiger partial charge is 0.119 e. The summed E-state index contributed by atoms with van der Waals surface area (Å²) in [5, 5.41) is 0. The number of hydrogen-bond acceptors (Lipinski definition) is 1. The summed E-state index contributed by atoms with van der Waals surface area (Å²) in [6.45, 7) is 2.88. The lowest BCUT2D eigenvalue weighted by molar-refractivity contribution is 0.317. The standard InChI is InChI=1S/C17H18Br2O/c1-2-10-20-16-5-3-4-14(12-16)17(19)11-13-6-8-15(18)9-7-13/h3-9,12,17H,2,10-11H2,1H3. The summed E-state index contributed by atoms with van der Waals surface area (Å²) >= 11 is 7.24. The van der Waals surface area contributed by atoms with E-state index >= 15 is 0 Å². The van der Waals surface area contributed by atoms with Gasteiger partial charge in [-0.05, 0) is 48.2 Å². The van der Waals surface area contributed by atoms with E-state index in [0.717, 1.165) is 29.7 Å². The van der Waals surface area contributed by atoms with E-state index < -0.39 is 0 Å². The summed E-state index contributed by atoms with van der Waals surface area (Å²) in [7, 11) is 0. The van der Waals surface area contributed by atoms with Crippen LogP contribution in [0.3, 0.4) is 0 Å². The minimum Gasteiger partial charge on any atom is -0.494 e. The second-order valence-corrected chi connectivity index (χ2v) is 6.74. The summed E-state index contributed by atoms with van der Waals surface area (Å²) < 4.78 is 6.80. The Bertz CT molecular complexity index is 537. The van der Waals surface area contributed by atoms with Gasteiger partial charge < -0.3 is 4.74 Å². The molecule has 0 aliphatic heterocycles. The molecule has 1 atom stereocenters. The van der Waals surface area contributed by atoms with E-state index in [9.17, 15) is 0 Å². The van der Waals surface area contributed by atoms with Gasteiger partial charge in [0.1, 0.15) is 5.75 Å². The molecule has 0 bridgehead atoms. The molecule has 106 valence electrons. The second-order valence-electron chi connectivity index (χ2n) is 4.72. The highest BCUT2D eigenvalue weighted by atomic mass is 79.9. The Balaban J connectivity index is 2.04. The Morgan fingerprint density at radius 2 is 1.85 bits per heavy atom. The number of alkyl halides is 1. The average molecular weight is 398 g/mol. The van der Waals surface area contributed by atoms with Gasteiger partial charge in [-0.15, -0.1) is 0 Å². The molecule has 0 saturated carbocycles. The first kappa shape index (κ1) is 15.6. The summed E-state index contributed by atoms with van der Waals surface area (Å²) in [5.41, 5.74) is 2.57. The predicted molar refractivity (Wildman–Crippen MR) is 91.7 cm³/mol. The van der Waals surface area contributed by atoms with Crippen LogP contribution in [0.1, 0.15) is 29.3 Å². The Kier molecular flexibility index (Phi) is 6.11. The van der Waals surface area contributed by atoms with E-state index in [1.807, 2.05) is 6.07 Å². The molecule has 3 heteroatoms. The van der Waals surface area contributed by atoms with Crippen LogP contribution in [0.5, 0.6) is 5.75 Å². The maximum absolute atomic E-state index is 5.68. The molecule has 0 aromatic heterocycles. The first-order valence-corrected chi connectivity index (χ1v) is 8.51. The van der Waals surface area contributed by atoms with Crippen molar-refractivity contribution in [3.63, 3.8) is 0 Å². The average Bonchev–Trinajstić information content (AvgIpc) is 2.48. The van der Waals surface area contributed by atoms with Crippen LogP contribution in [-0.2, 0) is 6.42 Å². The lowest BCUT2D eigenvalue weighted by atomic mass is 10.0. The Hall–Kier alpha value is -0.800. The lowest BCUT2D eigenvalue weighted by Crippen LogP contribution is -1.98. The molecule has 0 N–H and O–H groups in total. The van der Waals surface area contributed by atoms with Gasteiger partial charge in [0.25, 0.3) is 0 Å². The highest BCUT2D eigenvalue weighted by molar-refractivity contribution is 9.10. The predicted octanol–water partition coefficient (Wildman–Crippen LogP) is 5.92. The summed E-state index contributed by atoms with van der Waals surface area (Å²) in [4.78, 5) is 0.300. The van der Waals surface area contributed by atoms with Gasteiger partial charge in [0.15, 0.2) is 0 Å². The fourth-order valence-electron chi connectivity index (χ4n) is 1.96. The van der Waals surface area contributed by atoms with Crippen LogP contribution in [0.15, 0.2) is 53.0 Å². The fourth-order valence-corrected chi connectivity index (χ4v) is 2.89. The molecule has 2 aromatic carbocycles. The third-order valence-corrected chi connectivity index (χ3v) is 4.40. The highest BCUT2D eigenvalue weighted by Gasteiger charge is 2.09. The normalized spacial score (nSPS) is 12.2. The zero-order valence-electron chi connectivity index (χ0n) is 11.5. The molecule has 1 unspecified atom stereocenters. The summed E-state index contributed by atoms with van der Waals surface area (Å²) in [5.74, 6) is 0.949. The van der Waals surface area contributed by atoms with Crippen LogP contribution >= 0.6 is 31.9 Å². The van der Waals surface area contributed by atoms with E-state index in [2.05, 4.69) is 81.2 Å². The Morgan fingerprint density at radius 3 is 2.55 bits per heavy atom. The molecule has 0 amide bonds. The summed E-state index contributed by atoms with van der Waals surface area (Å²) in [6, 6.07) is 16.8. The molecule has 1 nitrogen and oxygen atoms in total. The maximum Gasteiger partial charge on any atom is 0.119 e. The Labute approximate surface area is 137 Å². The molecule has 0 radical (unpaired) electrons. The molecule has 0 aliphatic carbocycles. The zero-order valence-corrected chi connectivity index (χ0v) is 14.7. The van der Waals surface area contributed by atoms with Crippen LogP contribution < -0.4 is 4.74 Å². The molecule has 2 rings (SSSR count). The van der Waals surface area contributed by atoms with Crippen molar-refractivity contribution in [3.05, 3.63) is 64.1 Å². The van der Waals surface area contributed by atoms with E-state index in [1.165, 1.54) is 11.1 Å². The molecular formula is C17H18Br2O. The quantitative estimate of drug-likeness (QED) is 0.550. The number of hydrogen-bond donors (Lipinski definition) is 0. The van der Waals surface area contributed by atoms with E-state index in [1.54, 1.807) is 0 Å². The van der Waals surface area contributed by atoms with E-state index in [4.69, 9.17) is 4.74 Å². The maximum atomic E-state index is 5.68. The van der Waals surface area contributed by atoms with Crippen molar-refractivity contribution in [2.75, 3.05) is 6.61 Å². The molecule has 0 heterocycles. The van der Waals surface area contributed by atoms with E-state index in [-0.39, 0.29) is 0 Å². The van der Waals surface area contributed by atoms with Gasteiger partial charge in [-0.1, -0.05) is 63.0 Å². The topological polar surface area (TPSA) is 9.23 Å². The van der Waals surface area contributed by atoms with Crippen molar-refractivity contribution in [2.24, 2.45) is 0 Å². The van der Waals surface area contributed by atoms with Crippen molar-refractivity contribution in [2.45, 2.75) is 24.6 Å². The van der Waals surface area contributed by atoms with Crippen LogP contribution in [0, 0.1) is 0 Å². The van der Waals surface area contributed by atoms with Crippen LogP contribution in [0.2, 0.25) is 0 Å². The number of benzene rings is 2. The van der Waals surface area contributed by atoms with Gasteiger partial charge in [-0.3, -0.25) is 0 Å². The van der Waals surface area contributed by atoms with Gasteiger partial charge in [-0.25, -0.2) is 0 Å². The lowest BCUT2D eigenvalue weighted by Gasteiger charge is -2.12. The minimum atomic E-state index is 0.300. The van der Waals surface area contributed by atoms with Crippen molar-refractivity contribution >= 4 is 31.9 Å². The van der Waals surface area contributed by atoms with Crippen molar-refractivity contribution < 1.29 is 4.74 Å². The first-order valence-electron chi connectivity index (χ1n) is 6.80. The van der Waals surface area contributed by atoms with Gasteiger partial charge in [0.2, 0.25) is 0 Å². The van der Waals surface area contributed by atoms with Gasteiger partial charge >= 0.3 is 0 Å². The Morgan fingerprint density at radius 1 is 1.10 bits per heavy atom. The minimum absolute atomic E-state index is 0.300. The number of halogens is 2. The largest absolute Gasteiger partial charge is 0.494 e. The van der Waals surface area contributed by atoms with Gasteiger partial charge in [-0.2, -0.15) is 0 Å². The number of ether oxygens (including phenoxy) is 1. The second kappa shape index (κ2) is 7.84. The van der Waals surface area contributed by atoms with Crippen LogP contribution in [0.25, 0.3) is 0 Å². The molecule has 20 heavy (non-hydrogen) atoms. The zero-order chi connectivity index (χ0) is 14.4. The monoisotopic (exact) mass is 396 g/mol. The number of rotatable bonds is 6. The molecule has 0 fully saturated rings. The van der Waals surface area contributed by atoms with Crippen molar-refractivity contribution in [1.29, 1.82) is 0 Å². The molecular weight excluding hydrogens is 380 g/mol. The van der Waals surface area contributed by atoms with Gasteiger partial charge in [0, 0.05) is 9.30 Å². The van der Waals surface area contributed by atoms with Gasteiger partial charge in [0.05, 0.1) is 6.61 Å². The third-order valence-electron chi connectivity index (χ3n) is 3.02. The van der Waals surface area contributed by atoms with E-state index in [0.29, 0.717) is 4.83 Å². The highest BCUT2D eigenvalue weighted by Crippen LogP contribution is 2.29. The molecule has 0 spiro atoms. The molecule has 0 saturated heterocycles. The van der Waals surface area contributed by atoms with Crippen LogP contribution in [0.4, 0.5) is 0 Å². The van der Waals surface area contributed by atoms with Crippen molar-refractivity contribution in [1.82, 2.24) is 0 Å². The fraction of sp³-hybridized carbons (Fsp3) is 0.294. The summed E-state index contributed by atoms with van der Waals surface area (Å²) in [6.07, 6.45) is 1.99. The first-order chi connectivity index (χ1) is 9.69. The molecule has 0 aliphatic rings. The van der Waals surface area contributed by atoms with Crippen LogP contribution in [-0.4, -0.2) is 6.61 Å². The molecule has 2 aromatic rings. The van der Waals surface area contributed by atoms with Crippen molar-refractivity contribution in [3.8, 4) is 5.75 Å². The third kappa shape index (κ3) is 4.64.